The number of nitrogens with one attached hydrogen (secondary N) is 2. The smallest absolute Gasteiger partial charge is 0.312 e. The van der Waals surface area contributed by atoms with Crippen LogP contribution in [0.2, 0.25) is 0 Å². The van der Waals surface area contributed by atoms with E-state index in [0.717, 1.165) is 0 Å². The maximum Gasteiger partial charge on any atom is 0.323 e. The predicted octanol–water partition coefficient (Wildman–Crippen LogP) is 0.508. The highest BCUT2D eigenvalue weighted by atomic mass is 32.3. The lowest BCUT2D eigenvalue weighted by Gasteiger charge is -2.16. The number of halogens is 1. The summed E-state index contributed by atoms with van der Waals surface area (Å²) in [5.74, 6) is -1.48. The fraction of sp³-hybridized carbons (Fsp3) is 0.333. The fourth-order valence-corrected chi connectivity index (χ4v) is 3.40. The van der Waals surface area contributed by atoms with Gasteiger partial charge in [0.15, 0.2) is 0 Å². The summed E-state index contributed by atoms with van der Waals surface area (Å²) in [6, 6.07) is 4.92. The van der Waals surface area contributed by atoms with Crippen molar-refractivity contribution in [2.75, 3.05) is 17.2 Å². The normalized spacial score (nSPS) is 19.6. The average Bonchev–Trinajstić information content (AvgIpc) is 2.88. The van der Waals surface area contributed by atoms with Gasteiger partial charge in [0.05, 0.1) is 16.8 Å². The van der Waals surface area contributed by atoms with E-state index in [2.05, 4.69) is 9.97 Å². The molecule has 0 saturated carbocycles. The zero-order valence-corrected chi connectivity index (χ0v) is 11.6. The Hall–Kier alpha value is -2.16. The first-order valence-electron chi connectivity index (χ1n) is 6.26. The molecule has 1 aliphatic heterocycles. The van der Waals surface area contributed by atoms with Crippen molar-refractivity contribution in [1.82, 2.24) is 9.97 Å². The minimum atomic E-state index is -4.60. The van der Waals surface area contributed by atoms with Crippen LogP contribution < -0.4 is 10.6 Å². The maximum atomic E-state index is 12.7. The van der Waals surface area contributed by atoms with Gasteiger partial charge in [-0.1, -0.05) is 0 Å². The number of rotatable bonds is 3. The second kappa shape index (κ2) is 4.69. The number of carbonyl (C=O) groups excluding carboxylic acids is 1. The van der Waals surface area contributed by atoms with Crippen LogP contribution in [0, 0.1) is 5.92 Å². The number of carbonyl (C=O) groups is 1. The van der Waals surface area contributed by atoms with Crippen molar-refractivity contribution in [2.24, 2.45) is 5.92 Å². The van der Waals surface area contributed by atoms with Gasteiger partial charge in [0.1, 0.15) is 0 Å². The summed E-state index contributed by atoms with van der Waals surface area (Å²) in [6.45, 7) is 0.141. The van der Waals surface area contributed by atoms with Crippen LogP contribution in [0.15, 0.2) is 23.0 Å². The van der Waals surface area contributed by atoms with Crippen molar-refractivity contribution in [1.29, 1.82) is 0 Å². The molecule has 1 saturated heterocycles. The van der Waals surface area contributed by atoms with E-state index in [1.54, 1.807) is 18.2 Å². The standard InChI is InChI=1S/C12H12FN3O4S/c13-21(19,20)6-7-3-11(17)16(5-7)8-1-2-9-10(4-8)15-12(18)14-9/h1-2,4,7H,3,5-6H2,(H2,14,15,18). The molecule has 0 aliphatic carbocycles. The number of imidazole rings is 1. The SMILES string of the molecule is O=C1CC(CS(=O)(=O)F)CN1c1ccc2[nH]c(=O)[nH]c2c1. The number of H-pyrrole nitrogens is 2. The van der Waals surface area contributed by atoms with Gasteiger partial charge in [-0.3, -0.25) is 4.79 Å². The highest BCUT2D eigenvalue weighted by molar-refractivity contribution is 7.86. The second-order valence-corrected chi connectivity index (χ2v) is 6.50. The van der Waals surface area contributed by atoms with Crippen LogP contribution in [0.1, 0.15) is 6.42 Å². The summed E-state index contributed by atoms with van der Waals surface area (Å²) in [7, 11) is -4.60. The van der Waals surface area contributed by atoms with Crippen LogP contribution >= 0.6 is 0 Å². The molecular weight excluding hydrogens is 301 g/mol. The number of fused-ring (bicyclic) bond motifs is 1. The van der Waals surface area contributed by atoms with E-state index in [1.807, 2.05) is 0 Å². The number of anilines is 1. The van der Waals surface area contributed by atoms with Gasteiger partial charge in [0.25, 0.3) is 0 Å². The largest absolute Gasteiger partial charge is 0.323 e. The lowest BCUT2D eigenvalue weighted by atomic mass is 10.1. The van der Waals surface area contributed by atoms with Gasteiger partial charge in [-0.05, 0) is 18.2 Å². The van der Waals surface area contributed by atoms with Crippen molar-refractivity contribution in [3.63, 3.8) is 0 Å². The second-order valence-electron chi connectivity index (χ2n) is 5.09. The van der Waals surface area contributed by atoms with E-state index in [9.17, 15) is 21.9 Å². The van der Waals surface area contributed by atoms with E-state index < -0.39 is 21.9 Å². The molecule has 1 aromatic heterocycles. The summed E-state index contributed by atoms with van der Waals surface area (Å²) in [6.07, 6.45) is -0.00908. The average molecular weight is 313 g/mol. The van der Waals surface area contributed by atoms with E-state index in [-0.39, 0.29) is 24.6 Å². The maximum absolute atomic E-state index is 12.7. The van der Waals surface area contributed by atoms with Gasteiger partial charge in [-0.25, -0.2) is 4.79 Å². The summed E-state index contributed by atoms with van der Waals surface area (Å²) >= 11 is 0. The van der Waals surface area contributed by atoms with Crippen molar-refractivity contribution in [2.45, 2.75) is 6.42 Å². The number of aromatic nitrogens is 2. The van der Waals surface area contributed by atoms with Crippen molar-refractivity contribution < 1.29 is 17.1 Å². The molecular formula is C12H12FN3O4S. The minimum Gasteiger partial charge on any atom is -0.312 e. The number of amides is 1. The molecule has 7 nitrogen and oxygen atoms in total. The first-order valence-corrected chi connectivity index (χ1v) is 7.82. The lowest BCUT2D eigenvalue weighted by molar-refractivity contribution is -0.117. The molecule has 0 radical (unpaired) electrons. The monoisotopic (exact) mass is 313 g/mol. The van der Waals surface area contributed by atoms with E-state index >= 15 is 0 Å². The molecule has 2 heterocycles. The van der Waals surface area contributed by atoms with Crippen LogP contribution in [-0.2, 0) is 15.0 Å². The van der Waals surface area contributed by atoms with Gasteiger partial charge in [0.2, 0.25) is 5.91 Å². The molecule has 3 rings (SSSR count). The molecule has 112 valence electrons. The Bertz CT molecular complexity index is 870. The minimum absolute atomic E-state index is 0.00908. The zero-order valence-electron chi connectivity index (χ0n) is 10.8. The van der Waals surface area contributed by atoms with Gasteiger partial charge in [-0.15, -0.1) is 3.89 Å². The van der Waals surface area contributed by atoms with Crippen LogP contribution in [-0.4, -0.2) is 36.6 Å². The molecule has 1 amide bonds. The number of benzene rings is 1. The molecule has 1 atom stereocenters. The van der Waals surface area contributed by atoms with Crippen LogP contribution in [0.3, 0.4) is 0 Å². The zero-order chi connectivity index (χ0) is 15.2. The summed E-state index contributed by atoms with van der Waals surface area (Å²) in [4.78, 5) is 29.7. The van der Waals surface area contributed by atoms with Crippen molar-refractivity contribution in [3.8, 4) is 0 Å². The third-order valence-electron chi connectivity index (χ3n) is 3.45. The molecule has 1 aromatic carbocycles. The molecule has 2 N–H and O–H groups in total. The van der Waals surface area contributed by atoms with Gasteiger partial charge >= 0.3 is 15.9 Å². The number of nitrogens with zero attached hydrogens (tertiary/aromatic N) is 1. The molecule has 1 aliphatic rings. The molecule has 21 heavy (non-hydrogen) atoms. The van der Waals surface area contributed by atoms with Crippen molar-refractivity contribution in [3.05, 3.63) is 28.7 Å². The Morgan fingerprint density at radius 1 is 1.24 bits per heavy atom. The first-order chi connectivity index (χ1) is 9.82. The Labute approximate surface area is 119 Å². The van der Waals surface area contributed by atoms with Crippen LogP contribution in [0.5, 0.6) is 0 Å². The van der Waals surface area contributed by atoms with E-state index in [1.165, 1.54) is 4.90 Å². The highest BCUT2D eigenvalue weighted by Crippen LogP contribution is 2.27. The van der Waals surface area contributed by atoms with Crippen molar-refractivity contribution >= 4 is 32.9 Å². The van der Waals surface area contributed by atoms with E-state index in [0.29, 0.717) is 16.7 Å². The molecule has 1 fully saturated rings. The van der Waals surface area contributed by atoms with Crippen LogP contribution in [0.25, 0.3) is 11.0 Å². The Morgan fingerprint density at radius 2 is 1.95 bits per heavy atom. The van der Waals surface area contributed by atoms with Gasteiger partial charge in [0, 0.05) is 24.6 Å². The molecule has 0 bridgehead atoms. The number of hydrogen-bond donors (Lipinski definition) is 2. The van der Waals surface area contributed by atoms with E-state index in [4.69, 9.17) is 0 Å². The topological polar surface area (TPSA) is 103 Å². The Balaban J connectivity index is 1.88. The highest BCUT2D eigenvalue weighted by Gasteiger charge is 2.33. The Kier molecular flexibility index (Phi) is 3.08. The van der Waals surface area contributed by atoms with Gasteiger partial charge in [-0.2, -0.15) is 8.42 Å². The number of hydrogen-bond acceptors (Lipinski definition) is 4. The lowest BCUT2D eigenvalue weighted by Crippen LogP contribution is -2.25. The van der Waals surface area contributed by atoms with Crippen LogP contribution in [0.4, 0.5) is 9.57 Å². The molecule has 2 aromatic rings. The molecule has 1 unspecified atom stereocenters. The predicted molar refractivity (Wildman–Crippen MR) is 74.3 cm³/mol. The molecule has 9 heteroatoms. The summed E-state index contributed by atoms with van der Waals surface area (Å²) in [5, 5.41) is 0. The third-order valence-corrected chi connectivity index (χ3v) is 4.32. The Morgan fingerprint density at radius 3 is 2.67 bits per heavy atom. The number of aromatic amines is 2. The summed E-state index contributed by atoms with van der Waals surface area (Å²) in [5.41, 5.74) is 1.35. The quantitative estimate of drug-likeness (QED) is 0.806. The third kappa shape index (κ3) is 2.82. The first kappa shape index (κ1) is 13.8. The fourth-order valence-electron chi connectivity index (χ4n) is 2.61. The molecule has 0 spiro atoms. The van der Waals surface area contributed by atoms with Gasteiger partial charge < -0.3 is 14.9 Å². The summed E-state index contributed by atoms with van der Waals surface area (Å²) < 4.78 is 34.1.